The van der Waals surface area contributed by atoms with Gasteiger partial charge in [-0.2, -0.15) is 5.10 Å². The molecule has 0 radical (unpaired) electrons. The maximum atomic E-state index is 13.7. The molecule has 0 aliphatic heterocycles. The summed E-state index contributed by atoms with van der Waals surface area (Å²) in [6, 6.07) is 0. The van der Waals surface area contributed by atoms with Crippen molar-refractivity contribution in [3.05, 3.63) is 15.9 Å². The zero-order valence-electron chi connectivity index (χ0n) is 7.42. The third-order valence-corrected chi connectivity index (χ3v) is 3.06. The number of rotatable bonds is 2. The van der Waals surface area contributed by atoms with Crippen molar-refractivity contribution in [3.8, 4) is 0 Å². The summed E-state index contributed by atoms with van der Waals surface area (Å²) in [5.74, 6) is -1.11. The smallest absolute Gasteiger partial charge is 0.355 e. The van der Waals surface area contributed by atoms with Gasteiger partial charge in [0.15, 0.2) is 11.4 Å². The molecule has 14 heavy (non-hydrogen) atoms. The Balaban J connectivity index is 2.55. The monoisotopic (exact) mass is 262 g/mol. The number of carboxylic acid groups (broad SMARTS) is 1. The molecular formula is C8H8BrFN2O2. The summed E-state index contributed by atoms with van der Waals surface area (Å²) in [5, 5.41) is 12.7. The quantitative estimate of drug-likeness (QED) is 0.885. The molecule has 4 nitrogen and oxygen atoms in total. The van der Waals surface area contributed by atoms with Gasteiger partial charge in [-0.25, -0.2) is 9.18 Å². The zero-order valence-corrected chi connectivity index (χ0v) is 9.01. The van der Waals surface area contributed by atoms with Crippen LogP contribution in [0.2, 0.25) is 0 Å². The molecule has 1 aromatic rings. The first-order valence-electron chi connectivity index (χ1n) is 4.11. The number of carboxylic acids is 1. The van der Waals surface area contributed by atoms with Crippen molar-refractivity contribution in [2.45, 2.75) is 18.5 Å². The van der Waals surface area contributed by atoms with Crippen molar-refractivity contribution in [1.82, 2.24) is 9.78 Å². The molecule has 1 N–H and O–H groups in total. The first kappa shape index (κ1) is 9.64. The molecule has 2 rings (SSSR count). The number of hydrogen-bond acceptors (Lipinski definition) is 2. The van der Waals surface area contributed by atoms with Crippen LogP contribution >= 0.6 is 15.9 Å². The minimum atomic E-state index is -1.41. The van der Waals surface area contributed by atoms with Crippen LogP contribution in [0.3, 0.4) is 0 Å². The number of aryl methyl sites for hydroxylation is 1. The minimum absolute atomic E-state index is 0.0103. The highest BCUT2D eigenvalue weighted by Gasteiger charge is 2.49. The fourth-order valence-corrected chi connectivity index (χ4v) is 2.22. The van der Waals surface area contributed by atoms with E-state index in [9.17, 15) is 9.18 Å². The molecule has 76 valence electrons. The van der Waals surface area contributed by atoms with Gasteiger partial charge in [-0.3, -0.25) is 4.68 Å². The number of aromatic carboxylic acids is 1. The Morgan fingerprint density at radius 1 is 1.71 bits per heavy atom. The van der Waals surface area contributed by atoms with Gasteiger partial charge < -0.3 is 5.11 Å². The van der Waals surface area contributed by atoms with Crippen molar-refractivity contribution in [3.63, 3.8) is 0 Å². The highest BCUT2D eigenvalue weighted by molar-refractivity contribution is 9.10. The summed E-state index contributed by atoms with van der Waals surface area (Å²) >= 11 is 3.07. The average molecular weight is 263 g/mol. The predicted molar refractivity (Wildman–Crippen MR) is 49.9 cm³/mol. The fraction of sp³-hybridized carbons (Fsp3) is 0.500. The second kappa shape index (κ2) is 2.79. The summed E-state index contributed by atoms with van der Waals surface area (Å²) in [5.41, 5.74) is -1.22. The molecule has 0 saturated heterocycles. The van der Waals surface area contributed by atoms with Crippen LogP contribution in [0.4, 0.5) is 4.39 Å². The molecule has 1 fully saturated rings. The summed E-state index contributed by atoms with van der Waals surface area (Å²) in [7, 11) is 1.49. The number of nitrogens with zero attached hydrogens (tertiary/aromatic N) is 2. The minimum Gasteiger partial charge on any atom is -0.476 e. The van der Waals surface area contributed by atoms with Crippen LogP contribution in [-0.4, -0.2) is 20.9 Å². The molecular weight excluding hydrogens is 255 g/mol. The van der Waals surface area contributed by atoms with Crippen LogP contribution in [-0.2, 0) is 12.7 Å². The SMILES string of the molecule is Cn1nc(C2(F)CC2)c(Br)c1C(=O)O. The molecule has 0 bridgehead atoms. The van der Waals surface area contributed by atoms with Crippen molar-refractivity contribution >= 4 is 21.9 Å². The van der Waals surface area contributed by atoms with Crippen molar-refractivity contribution in [2.75, 3.05) is 0 Å². The Kier molecular flexibility index (Phi) is 1.92. The Morgan fingerprint density at radius 3 is 2.64 bits per heavy atom. The third-order valence-electron chi connectivity index (χ3n) is 2.31. The molecule has 0 aromatic carbocycles. The van der Waals surface area contributed by atoms with Gasteiger partial charge in [-0.1, -0.05) is 0 Å². The lowest BCUT2D eigenvalue weighted by molar-refractivity contribution is 0.0684. The maximum absolute atomic E-state index is 13.7. The number of carbonyl (C=O) groups is 1. The van der Waals surface area contributed by atoms with Gasteiger partial charge in [0.2, 0.25) is 0 Å². The van der Waals surface area contributed by atoms with Crippen LogP contribution in [0.25, 0.3) is 0 Å². The van der Waals surface area contributed by atoms with E-state index in [1.165, 1.54) is 11.7 Å². The first-order valence-corrected chi connectivity index (χ1v) is 4.90. The van der Waals surface area contributed by atoms with Gasteiger partial charge in [0.25, 0.3) is 0 Å². The molecule has 1 saturated carbocycles. The normalized spacial score (nSPS) is 18.2. The van der Waals surface area contributed by atoms with Gasteiger partial charge in [0.1, 0.15) is 5.69 Å². The Labute approximate surface area is 87.8 Å². The van der Waals surface area contributed by atoms with Gasteiger partial charge >= 0.3 is 5.97 Å². The molecule has 1 heterocycles. The average Bonchev–Trinajstić information content (AvgIpc) is 2.72. The fourth-order valence-electron chi connectivity index (χ4n) is 1.36. The van der Waals surface area contributed by atoms with Crippen molar-refractivity contribution in [2.24, 2.45) is 7.05 Å². The second-order valence-electron chi connectivity index (χ2n) is 3.41. The second-order valence-corrected chi connectivity index (χ2v) is 4.20. The molecule has 0 unspecified atom stereocenters. The van der Waals surface area contributed by atoms with Gasteiger partial charge in [-0.15, -0.1) is 0 Å². The highest BCUT2D eigenvalue weighted by Crippen LogP contribution is 2.51. The van der Waals surface area contributed by atoms with E-state index in [2.05, 4.69) is 21.0 Å². The summed E-state index contributed by atoms with van der Waals surface area (Å²) in [6.45, 7) is 0. The van der Waals surface area contributed by atoms with E-state index in [-0.39, 0.29) is 15.9 Å². The van der Waals surface area contributed by atoms with Crippen LogP contribution in [0.15, 0.2) is 4.47 Å². The topological polar surface area (TPSA) is 55.1 Å². The van der Waals surface area contributed by atoms with E-state index >= 15 is 0 Å². The largest absolute Gasteiger partial charge is 0.476 e. The van der Waals surface area contributed by atoms with E-state index in [0.29, 0.717) is 12.8 Å². The Bertz CT molecular complexity index is 412. The van der Waals surface area contributed by atoms with Gasteiger partial charge in [-0.05, 0) is 28.8 Å². The van der Waals surface area contributed by atoms with Gasteiger partial charge in [0.05, 0.1) is 4.47 Å². The lowest BCUT2D eigenvalue weighted by Crippen LogP contribution is -2.05. The van der Waals surface area contributed by atoms with E-state index in [1.54, 1.807) is 0 Å². The molecule has 0 spiro atoms. The standard InChI is InChI=1S/C8H8BrFN2O2/c1-12-5(7(13)14)4(9)6(11-12)8(10)2-3-8/h2-3H2,1H3,(H,13,14). The number of hydrogen-bond donors (Lipinski definition) is 1. The van der Waals surface area contributed by atoms with Crippen LogP contribution in [0.1, 0.15) is 29.0 Å². The molecule has 0 amide bonds. The lowest BCUT2D eigenvalue weighted by atomic mass is 10.2. The zero-order chi connectivity index (χ0) is 10.5. The molecule has 1 aromatic heterocycles. The molecule has 6 heteroatoms. The maximum Gasteiger partial charge on any atom is 0.355 e. The first-order chi connectivity index (χ1) is 6.46. The number of alkyl halides is 1. The summed E-state index contributed by atoms with van der Waals surface area (Å²) < 4.78 is 15.1. The van der Waals surface area contributed by atoms with E-state index < -0.39 is 11.6 Å². The highest BCUT2D eigenvalue weighted by atomic mass is 79.9. The summed E-state index contributed by atoms with van der Waals surface area (Å²) in [4.78, 5) is 10.8. The Hall–Kier alpha value is -0.910. The van der Waals surface area contributed by atoms with Crippen LogP contribution in [0, 0.1) is 0 Å². The lowest BCUT2D eigenvalue weighted by Gasteiger charge is -1.98. The Morgan fingerprint density at radius 2 is 2.29 bits per heavy atom. The van der Waals surface area contributed by atoms with E-state index in [4.69, 9.17) is 5.11 Å². The van der Waals surface area contributed by atoms with Crippen LogP contribution < -0.4 is 0 Å². The molecule has 1 aliphatic carbocycles. The van der Waals surface area contributed by atoms with E-state index in [1.807, 2.05) is 0 Å². The van der Waals surface area contributed by atoms with Gasteiger partial charge in [0, 0.05) is 7.05 Å². The molecule has 1 aliphatic rings. The predicted octanol–water partition coefficient (Wildman–Crippen LogP) is 1.84. The van der Waals surface area contributed by atoms with Crippen molar-refractivity contribution < 1.29 is 14.3 Å². The summed E-state index contributed by atoms with van der Waals surface area (Å²) in [6.07, 6.45) is 0.837. The number of halogens is 2. The molecule has 0 atom stereocenters. The third kappa shape index (κ3) is 1.25. The van der Waals surface area contributed by atoms with Crippen molar-refractivity contribution in [1.29, 1.82) is 0 Å². The number of aromatic nitrogens is 2. The van der Waals surface area contributed by atoms with E-state index in [0.717, 1.165) is 0 Å². The van der Waals surface area contributed by atoms with Crippen LogP contribution in [0.5, 0.6) is 0 Å².